The number of esters is 1. The topological polar surface area (TPSA) is 108 Å². The van der Waals surface area contributed by atoms with Gasteiger partial charge in [0.15, 0.2) is 5.12 Å². The highest BCUT2D eigenvalue weighted by atomic mass is 32.2. The third-order valence-electron chi connectivity index (χ3n) is 4.45. The molecule has 1 N–H and O–H groups in total. The summed E-state index contributed by atoms with van der Waals surface area (Å²) in [5.41, 5.74) is -1.04. The quantitative estimate of drug-likeness (QED) is 0.250. The Bertz CT molecular complexity index is 759. The minimum atomic E-state index is -3.93. The summed E-state index contributed by atoms with van der Waals surface area (Å²) in [7, 11) is -3.93. The van der Waals surface area contributed by atoms with Gasteiger partial charge in [-0.05, 0) is 25.5 Å². The summed E-state index contributed by atoms with van der Waals surface area (Å²) >= 11 is 1.12. The molecule has 2 unspecified atom stereocenters. The summed E-state index contributed by atoms with van der Waals surface area (Å²) in [6.07, 6.45) is 5.26. The molecule has 1 saturated heterocycles. The third kappa shape index (κ3) is 8.16. The second-order valence-corrected chi connectivity index (χ2v) is 9.93. The Balaban J connectivity index is 1.82. The molecule has 0 aromatic heterocycles. The van der Waals surface area contributed by atoms with Crippen molar-refractivity contribution in [2.24, 2.45) is 0 Å². The molecule has 10 heteroatoms. The third-order valence-corrected chi connectivity index (χ3v) is 7.15. The molecular weight excluding hydrogens is 443 g/mol. The zero-order valence-corrected chi connectivity index (χ0v) is 19.6. The van der Waals surface area contributed by atoms with E-state index < -0.39 is 25.7 Å². The van der Waals surface area contributed by atoms with Crippen LogP contribution < -0.4 is 4.74 Å². The lowest BCUT2D eigenvalue weighted by molar-refractivity contribution is -0.111. The van der Waals surface area contributed by atoms with E-state index in [4.69, 9.17) is 18.5 Å². The van der Waals surface area contributed by atoms with Crippen LogP contribution in [-0.4, -0.2) is 46.8 Å². The highest BCUT2D eigenvalue weighted by Gasteiger charge is 2.61. The van der Waals surface area contributed by atoms with Crippen molar-refractivity contribution < 1.29 is 37.8 Å². The molecule has 0 bridgehead atoms. The van der Waals surface area contributed by atoms with E-state index in [1.54, 1.807) is 19.1 Å². The monoisotopic (exact) mass is 473 g/mol. The van der Waals surface area contributed by atoms with Crippen molar-refractivity contribution in [2.75, 3.05) is 19.0 Å². The number of hydrogen-bond donors (Lipinski definition) is 1. The molecule has 8 nitrogen and oxygen atoms in total. The van der Waals surface area contributed by atoms with E-state index >= 15 is 0 Å². The molecule has 2 atom stereocenters. The van der Waals surface area contributed by atoms with Crippen molar-refractivity contribution in [1.82, 2.24) is 0 Å². The first-order valence-corrected chi connectivity index (χ1v) is 13.0. The van der Waals surface area contributed by atoms with Crippen LogP contribution in [0.4, 0.5) is 4.79 Å². The van der Waals surface area contributed by atoms with Crippen molar-refractivity contribution in [3.8, 4) is 5.75 Å². The van der Waals surface area contributed by atoms with Gasteiger partial charge < -0.3 is 9.47 Å². The number of hydrogen-bond acceptors (Lipinski definition) is 9. The fourth-order valence-corrected chi connectivity index (χ4v) is 5.14. The van der Waals surface area contributed by atoms with E-state index in [1.165, 1.54) is 18.6 Å². The number of ether oxygens (including phenoxy) is 2. The van der Waals surface area contributed by atoms with Gasteiger partial charge in [0.1, 0.15) is 24.0 Å². The number of carbonyl (C=O) groups is 3. The first-order valence-electron chi connectivity index (χ1n) is 10.5. The van der Waals surface area contributed by atoms with Crippen LogP contribution in [0.15, 0.2) is 24.3 Å². The molecule has 1 aromatic carbocycles. The van der Waals surface area contributed by atoms with Crippen molar-refractivity contribution in [1.29, 1.82) is 0 Å². The number of para-hydroxylation sites is 1. The maximum absolute atomic E-state index is 12.5. The second-order valence-electron chi connectivity index (χ2n) is 6.98. The van der Waals surface area contributed by atoms with Gasteiger partial charge in [-0.3, -0.25) is 4.79 Å². The Morgan fingerprint density at radius 1 is 1.16 bits per heavy atom. The Labute approximate surface area is 187 Å². The largest absolute Gasteiger partial charge is 0.551 e. The molecule has 0 amide bonds. The highest BCUT2D eigenvalue weighted by Crippen LogP contribution is 2.63. The minimum absolute atomic E-state index is 0.0182. The summed E-state index contributed by atoms with van der Waals surface area (Å²) in [5, 5.41) is 0.0554. The van der Waals surface area contributed by atoms with Crippen LogP contribution in [0.2, 0.25) is 0 Å². The van der Waals surface area contributed by atoms with Crippen LogP contribution in [0, 0.1) is 0 Å². The van der Waals surface area contributed by atoms with Crippen molar-refractivity contribution in [3.63, 3.8) is 0 Å². The Morgan fingerprint density at radius 3 is 2.65 bits per heavy atom. The molecule has 0 spiro atoms. The number of thioether (sulfide) groups is 1. The molecule has 31 heavy (non-hydrogen) atoms. The van der Waals surface area contributed by atoms with Crippen LogP contribution in [0.25, 0.3) is 0 Å². The molecule has 1 heterocycles. The van der Waals surface area contributed by atoms with Crippen LogP contribution >= 0.6 is 19.7 Å². The van der Waals surface area contributed by atoms with Gasteiger partial charge in [-0.15, -0.1) is 0 Å². The molecule has 0 radical (unpaired) electrons. The van der Waals surface area contributed by atoms with Gasteiger partial charge in [-0.25, -0.2) is 4.79 Å². The van der Waals surface area contributed by atoms with E-state index in [9.17, 15) is 19.3 Å². The van der Waals surface area contributed by atoms with Crippen LogP contribution in [0.5, 0.6) is 5.75 Å². The van der Waals surface area contributed by atoms with Gasteiger partial charge in [-0.2, -0.15) is 18.7 Å². The minimum Gasteiger partial charge on any atom is -0.462 e. The van der Waals surface area contributed by atoms with Crippen molar-refractivity contribution in [3.05, 3.63) is 29.8 Å². The van der Waals surface area contributed by atoms with E-state index in [1.807, 2.05) is 0 Å². The predicted octanol–water partition coefficient (Wildman–Crippen LogP) is 5.15. The summed E-state index contributed by atoms with van der Waals surface area (Å²) < 4.78 is 20.8. The van der Waals surface area contributed by atoms with E-state index in [2.05, 4.69) is 6.92 Å². The van der Waals surface area contributed by atoms with E-state index in [0.29, 0.717) is 6.42 Å². The average Bonchev–Trinajstić information content (AvgIpc) is 3.15. The Morgan fingerprint density at radius 2 is 1.90 bits per heavy atom. The molecule has 172 valence electrons. The summed E-state index contributed by atoms with van der Waals surface area (Å²) in [5.74, 6) is -0.419. The molecule has 2 rings (SSSR count). The first-order chi connectivity index (χ1) is 14.9. The lowest BCUT2D eigenvalue weighted by Gasteiger charge is -2.11. The normalized spacial score (nSPS) is 20.4. The zero-order valence-electron chi connectivity index (χ0n) is 17.9. The van der Waals surface area contributed by atoms with Crippen molar-refractivity contribution in [2.45, 2.75) is 58.5 Å². The van der Waals surface area contributed by atoms with E-state index in [-0.39, 0.29) is 35.4 Å². The number of unbranched alkanes of at least 4 members (excludes halogenated alkanes) is 4. The molecular formula is C21H30O8PS+. The molecule has 1 aliphatic rings. The zero-order chi connectivity index (χ0) is 22.7. The molecule has 1 aromatic rings. The Kier molecular flexibility index (Phi) is 10.9. The lowest BCUT2D eigenvalue weighted by Crippen LogP contribution is -2.17. The Hall–Kier alpha value is -1.51. The summed E-state index contributed by atoms with van der Waals surface area (Å²) in [4.78, 5) is 47.0. The standard InChI is InChI=1S/C21H30O8PS/c1-3-5-6-7-8-13-19(22)31-15-16-14-27-30(25,29-16)21(24)28-18-12-10-9-11-17(18)20(23)26-4-2/h9-12,16,25H,3-8,13-15H2,1-2H3/q+1. The van der Waals surface area contributed by atoms with Gasteiger partial charge in [0, 0.05) is 12.2 Å². The summed E-state index contributed by atoms with van der Waals surface area (Å²) in [6, 6.07) is 6.05. The van der Waals surface area contributed by atoms with E-state index in [0.717, 1.165) is 37.4 Å². The van der Waals surface area contributed by atoms with Crippen molar-refractivity contribution >= 4 is 36.5 Å². The molecule has 0 aliphatic carbocycles. The van der Waals surface area contributed by atoms with Crippen LogP contribution in [0.3, 0.4) is 0 Å². The fraction of sp³-hybridized carbons (Fsp3) is 0.571. The van der Waals surface area contributed by atoms with Crippen LogP contribution in [-0.2, 0) is 18.6 Å². The molecule has 1 fully saturated rings. The van der Waals surface area contributed by atoms with Gasteiger partial charge in [-0.1, -0.05) is 56.5 Å². The number of rotatable bonds is 12. The molecule has 0 saturated carbocycles. The van der Waals surface area contributed by atoms with Gasteiger partial charge >= 0.3 is 19.6 Å². The number of carbonyl (C=O) groups excluding carboxylic acids is 3. The average molecular weight is 474 g/mol. The lowest BCUT2D eigenvalue weighted by atomic mass is 10.1. The predicted molar refractivity (Wildman–Crippen MR) is 119 cm³/mol. The van der Waals surface area contributed by atoms with Gasteiger partial charge in [0.2, 0.25) is 0 Å². The fourth-order valence-electron chi connectivity index (χ4n) is 2.84. The van der Waals surface area contributed by atoms with Gasteiger partial charge in [0.05, 0.1) is 6.61 Å². The van der Waals surface area contributed by atoms with Crippen LogP contribution in [0.1, 0.15) is 62.7 Å². The first kappa shape index (κ1) is 25.7. The molecule has 1 aliphatic heterocycles. The van der Waals surface area contributed by atoms with Gasteiger partial charge in [0.25, 0.3) is 0 Å². The second kappa shape index (κ2) is 13.1. The SMILES string of the molecule is CCCCCCCC(=O)SCC1CO[P+](O)(C(=O)Oc2ccccc2C(=O)OCC)O1. The maximum atomic E-state index is 12.5. The smallest absolute Gasteiger partial charge is 0.462 e. The maximum Gasteiger partial charge on any atom is 0.551 e. The highest BCUT2D eigenvalue weighted by molar-refractivity contribution is 8.13. The number of benzene rings is 1. The summed E-state index contributed by atoms with van der Waals surface area (Å²) in [6.45, 7) is 3.95.